The maximum Gasteiger partial charge on any atom is 0.416 e. The summed E-state index contributed by atoms with van der Waals surface area (Å²) in [6.07, 6.45) is -0.851. The Morgan fingerprint density at radius 2 is 1.61 bits per heavy atom. The number of aromatic nitrogens is 2. The Labute approximate surface area is 196 Å². The molecule has 1 aromatic heterocycles. The third-order valence-electron chi connectivity index (χ3n) is 5.47. The van der Waals surface area contributed by atoms with Crippen LogP contribution in [0.25, 0.3) is 22.6 Å². The van der Waals surface area contributed by atoms with Gasteiger partial charge in [0.05, 0.1) is 12.0 Å². The number of aryl methyl sites for hydroxylation is 1. The van der Waals surface area contributed by atoms with Crippen LogP contribution in [0.2, 0.25) is 0 Å². The summed E-state index contributed by atoms with van der Waals surface area (Å²) in [5.74, 6) is 0.964. The summed E-state index contributed by atoms with van der Waals surface area (Å²) in [5.41, 5.74) is 4.12. The van der Waals surface area contributed by atoms with Crippen LogP contribution in [0.4, 0.5) is 13.2 Å². The van der Waals surface area contributed by atoms with Crippen LogP contribution in [0.5, 0.6) is 0 Å². The van der Waals surface area contributed by atoms with Crippen molar-refractivity contribution in [1.29, 1.82) is 0 Å². The lowest BCUT2D eigenvalue weighted by molar-refractivity contribution is -0.595. The molecule has 1 aliphatic rings. The first-order valence-corrected chi connectivity index (χ1v) is 10.4. The smallest absolute Gasteiger partial charge is 0.199 e. The number of halogens is 5. The first-order chi connectivity index (χ1) is 14.4. The molecule has 1 aliphatic heterocycles. The molecule has 31 heavy (non-hydrogen) atoms. The highest BCUT2D eigenvalue weighted by Gasteiger charge is 2.34. The summed E-state index contributed by atoms with van der Waals surface area (Å²) in [5, 5.41) is 0. The number of nitrogens with zero attached hydrogens (tertiary/aromatic N) is 2. The van der Waals surface area contributed by atoms with Gasteiger partial charge in [-0.1, -0.05) is 40.2 Å². The molecular weight excluding hydrogens is 533 g/mol. The molecule has 0 bridgehead atoms. The molecule has 2 heterocycles. The molecule has 0 aliphatic carbocycles. The number of alkyl halides is 3. The summed E-state index contributed by atoms with van der Waals surface area (Å²) >= 11 is 3.47. The molecular formula is C24H18Br2F3N2+. The van der Waals surface area contributed by atoms with Gasteiger partial charge in [0.2, 0.25) is 0 Å². The molecule has 0 radical (unpaired) electrons. The second-order valence-corrected chi connectivity index (χ2v) is 8.24. The van der Waals surface area contributed by atoms with E-state index in [4.69, 9.17) is 0 Å². The van der Waals surface area contributed by atoms with Crippen LogP contribution >= 0.6 is 32.9 Å². The fraction of sp³-hybridized carbons (Fsp3) is 0.125. The van der Waals surface area contributed by atoms with E-state index < -0.39 is 11.7 Å². The molecule has 0 N–H and O–H groups in total. The molecule has 0 fully saturated rings. The van der Waals surface area contributed by atoms with Crippen molar-refractivity contribution in [3.63, 3.8) is 0 Å². The van der Waals surface area contributed by atoms with Crippen LogP contribution in [0.3, 0.4) is 0 Å². The van der Waals surface area contributed by atoms with Crippen LogP contribution in [-0.4, -0.2) is 4.57 Å². The van der Waals surface area contributed by atoms with E-state index in [1.165, 1.54) is 17.7 Å². The van der Waals surface area contributed by atoms with E-state index in [-0.39, 0.29) is 17.0 Å². The van der Waals surface area contributed by atoms with Crippen LogP contribution in [0.15, 0.2) is 83.5 Å². The van der Waals surface area contributed by atoms with Gasteiger partial charge in [0.25, 0.3) is 5.82 Å². The van der Waals surface area contributed by atoms with Crippen LogP contribution < -0.4 is 4.57 Å². The second-order valence-electron chi connectivity index (χ2n) is 7.32. The molecule has 4 aromatic rings. The van der Waals surface area contributed by atoms with Gasteiger partial charge in [-0.2, -0.15) is 22.3 Å². The van der Waals surface area contributed by atoms with E-state index in [0.717, 1.165) is 46.1 Å². The first-order valence-electron chi connectivity index (χ1n) is 9.60. The van der Waals surface area contributed by atoms with Gasteiger partial charge in [-0.3, -0.25) is 0 Å². The standard InChI is InChI=1S/C24H17BrF3N2.BrH/c25-19-11-8-17(9-12-19)22-15-29(20-6-3-5-18(14-20)24(26,27)28)23-13-10-16-4-1-2-7-21(16)30(22)23;/h1-9,11-12,14-15H,10,13H2;1H/q+1;. The second kappa shape index (κ2) is 8.28. The van der Waals surface area contributed by atoms with Crippen molar-refractivity contribution in [2.24, 2.45) is 0 Å². The number of fused-ring (bicyclic) bond motifs is 3. The topological polar surface area (TPSA) is 8.81 Å². The average Bonchev–Trinajstić information content (AvgIpc) is 3.14. The molecule has 7 heteroatoms. The Bertz CT molecular complexity index is 1240. The quantitative estimate of drug-likeness (QED) is 0.241. The van der Waals surface area contributed by atoms with Crippen LogP contribution in [-0.2, 0) is 19.0 Å². The van der Waals surface area contributed by atoms with E-state index >= 15 is 0 Å². The molecule has 0 saturated heterocycles. The highest BCUT2D eigenvalue weighted by atomic mass is 79.9. The molecule has 2 nitrogen and oxygen atoms in total. The monoisotopic (exact) mass is 549 g/mol. The van der Waals surface area contributed by atoms with E-state index in [1.807, 2.05) is 47.2 Å². The Morgan fingerprint density at radius 1 is 0.871 bits per heavy atom. The maximum atomic E-state index is 13.3. The SMILES string of the molecule is Br.FC(F)(F)c1cccc(-n2cc(-c3ccc(Br)cc3)[n+]3c2CCc2ccccc2-3)c1. The van der Waals surface area contributed by atoms with Gasteiger partial charge in [0, 0.05) is 10.0 Å². The fourth-order valence-electron chi connectivity index (χ4n) is 4.07. The molecule has 0 saturated carbocycles. The van der Waals surface area contributed by atoms with Gasteiger partial charge in [-0.25, -0.2) is 0 Å². The lowest BCUT2D eigenvalue weighted by Gasteiger charge is -2.15. The molecule has 0 amide bonds. The van der Waals surface area contributed by atoms with Crippen molar-refractivity contribution >= 4 is 32.9 Å². The first kappa shape index (κ1) is 21.8. The predicted octanol–water partition coefficient (Wildman–Crippen LogP) is 6.88. The molecule has 5 rings (SSSR count). The minimum atomic E-state index is -4.38. The molecule has 0 spiro atoms. The Morgan fingerprint density at radius 3 is 2.35 bits per heavy atom. The van der Waals surface area contributed by atoms with Gasteiger partial charge < -0.3 is 0 Å². The van der Waals surface area contributed by atoms with Gasteiger partial charge >= 0.3 is 6.18 Å². The highest BCUT2D eigenvalue weighted by Crippen LogP contribution is 2.32. The lowest BCUT2D eigenvalue weighted by atomic mass is 10.0. The molecule has 0 atom stereocenters. The average molecular weight is 551 g/mol. The Balaban J connectivity index is 0.00000231. The zero-order valence-electron chi connectivity index (χ0n) is 16.2. The van der Waals surface area contributed by atoms with Crippen molar-refractivity contribution in [2.45, 2.75) is 19.0 Å². The van der Waals surface area contributed by atoms with Crippen molar-refractivity contribution in [2.75, 3.05) is 0 Å². The minimum Gasteiger partial charge on any atom is -0.199 e. The summed E-state index contributed by atoms with van der Waals surface area (Å²) in [4.78, 5) is 0. The zero-order valence-corrected chi connectivity index (χ0v) is 19.5. The predicted molar refractivity (Wildman–Crippen MR) is 123 cm³/mol. The summed E-state index contributed by atoms with van der Waals surface area (Å²) < 4.78 is 45.0. The van der Waals surface area contributed by atoms with E-state index in [2.05, 4.69) is 32.6 Å². The number of imidazole rings is 1. The lowest BCUT2D eigenvalue weighted by Crippen LogP contribution is -2.41. The third-order valence-corrected chi connectivity index (χ3v) is 6.00. The molecule has 3 aromatic carbocycles. The summed E-state index contributed by atoms with van der Waals surface area (Å²) in [6.45, 7) is 0. The van der Waals surface area contributed by atoms with Gasteiger partial charge in [0.1, 0.15) is 17.6 Å². The van der Waals surface area contributed by atoms with Gasteiger partial charge in [0.15, 0.2) is 5.69 Å². The molecule has 0 unspecified atom stereocenters. The largest absolute Gasteiger partial charge is 0.416 e. The van der Waals surface area contributed by atoms with E-state index in [1.54, 1.807) is 6.07 Å². The van der Waals surface area contributed by atoms with Crippen molar-refractivity contribution < 1.29 is 17.7 Å². The van der Waals surface area contributed by atoms with Crippen LogP contribution in [0.1, 0.15) is 17.0 Å². The van der Waals surface area contributed by atoms with Gasteiger partial charge in [-0.15, -0.1) is 17.0 Å². The van der Waals surface area contributed by atoms with Crippen molar-refractivity contribution in [3.8, 4) is 22.6 Å². The van der Waals surface area contributed by atoms with Crippen molar-refractivity contribution in [1.82, 2.24) is 4.57 Å². The number of para-hydroxylation sites is 1. The summed E-state index contributed by atoms with van der Waals surface area (Å²) in [6, 6.07) is 21.7. The molecule has 158 valence electrons. The normalized spacial score (nSPS) is 12.6. The highest BCUT2D eigenvalue weighted by molar-refractivity contribution is 9.10. The Hall–Kier alpha value is -2.38. The number of benzene rings is 3. The number of hydrogen-bond acceptors (Lipinski definition) is 0. The number of rotatable bonds is 2. The van der Waals surface area contributed by atoms with Crippen LogP contribution in [0, 0.1) is 0 Å². The zero-order chi connectivity index (χ0) is 20.9. The Kier molecular flexibility index (Phi) is 5.83. The third kappa shape index (κ3) is 3.96. The summed E-state index contributed by atoms with van der Waals surface area (Å²) in [7, 11) is 0. The maximum absolute atomic E-state index is 13.3. The van der Waals surface area contributed by atoms with E-state index in [0.29, 0.717) is 5.69 Å². The van der Waals surface area contributed by atoms with E-state index in [9.17, 15) is 13.2 Å². The number of hydrogen-bond donors (Lipinski definition) is 0. The fourth-order valence-corrected chi connectivity index (χ4v) is 4.33. The van der Waals surface area contributed by atoms with Gasteiger partial charge in [-0.05, 0) is 60.5 Å². The minimum absolute atomic E-state index is 0. The van der Waals surface area contributed by atoms with Crippen molar-refractivity contribution in [3.05, 3.63) is 100 Å².